The van der Waals surface area contributed by atoms with Crippen molar-refractivity contribution in [1.29, 1.82) is 0 Å². The highest BCUT2D eigenvalue weighted by molar-refractivity contribution is 5.84. The van der Waals surface area contributed by atoms with Gasteiger partial charge in [0.2, 0.25) is 5.89 Å². The van der Waals surface area contributed by atoms with Crippen LogP contribution < -0.4 is 0 Å². The first-order valence-corrected chi connectivity index (χ1v) is 8.32. The molecule has 0 bridgehead atoms. The van der Waals surface area contributed by atoms with Crippen LogP contribution in [0.2, 0.25) is 0 Å². The fourth-order valence-corrected chi connectivity index (χ4v) is 3.24. The molecule has 0 fully saturated rings. The van der Waals surface area contributed by atoms with Crippen LogP contribution >= 0.6 is 0 Å². The number of nitrogens with zero attached hydrogens (tertiary/aromatic N) is 1. The molecule has 1 heterocycles. The SMILES string of the molecule is Cc1cc(C)cc(-c2ccccc2-c2nc3cc(CO)ccc3o2)c1. The Hall–Kier alpha value is -2.91. The predicted molar refractivity (Wildman–Crippen MR) is 100 cm³/mol. The van der Waals surface area contributed by atoms with E-state index in [1.165, 1.54) is 11.1 Å². The maximum Gasteiger partial charge on any atom is 0.227 e. The van der Waals surface area contributed by atoms with Gasteiger partial charge in [-0.3, -0.25) is 0 Å². The minimum Gasteiger partial charge on any atom is -0.436 e. The van der Waals surface area contributed by atoms with Crippen molar-refractivity contribution in [3.8, 4) is 22.6 Å². The number of benzene rings is 3. The van der Waals surface area contributed by atoms with Gasteiger partial charge in [-0.05, 0) is 48.7 Å². The molecule has 1 N–H and O–H groups in total. The minimum atomic E-state index is -0.00269. The summed E-state index contributed by atoms with van der Waals surface area (Å²) < 4.78 is 5.98. The van der Waals surface area contributed by atoms with Crippen molar-refractivity contribution in [3.05, 3.63) is 77.4 Å². The van der Waals surface area contributed by atoms with E-state index in [2.05, 4.69) is 43.1 Å². The Bertz CT molecular complexity index is 1040. The Labute approximate surface area is 146 Å². The van der Waals surface area contributed by atoms with Gasteiger partial charge in [0, 0.05) is 5.56 Å². The first kappa shape index (κ1) is 15.6. The number of aliphatic hydroxyl groups excluding tert-OH is 1. The van der Waals surface area contributed by atoms with E-state index >= 15 is 0 Å². The highest BCUT2D eigenvalue weighted by Gasteiger charge is 2.14. The lowest BCUT2D eigenvalue weighted by Crippen LogP contribution is -1.87. The molecule has 0 radical (unpaired) electrons. The number of oxazole rings is 1. The van der Waals surface area contributed by atoms with E-state index in [9.17, 15) is 5.11 Å². The Kier molecular flexibility index (Phi) is 3.86. The molecule has 0 aliphatic carbocycles. The topological polar surface area (TPSA) is 46.3 Å². The van der Waals surface area contributed by atoms with Gasteiger partial charge in [-0.15, -0.1) is 0 Å². The molecule has 4 aromatic rings. The number of aromatic nitrogens is 1. The van der Waals surface area contributed by atoms with Crippen molar-refractivity contribution in [3.63, 3.8) is 0 Å². The molecule has 25 heavy (non-hydrogen) atoms. The minimum absolute atomic E-state index is 0.00269. The summed E-state index contributed by atoms with van der Waals surface area (Å²) in [4.78, 5) is 4.64. The lowest BCUT2D eigenvalue weighted by atomic mass is 9.96. The second-order valence-electron chi connectivity index (χ2n) is 6.40. The third kappa shape index (κ3) is 2.94. The molecule has 0 saturated heterocycles. The maximum atomic E-state index is 9.31. The van der Waals surface area contributed by atoms with Crippen LogP contribution in [0.25, 0.3) is 33.7 Å². The molecule has 3 aromatic carbocycles. The summed E-state index contributed by atoms with van der Waals surface area (Å²) in [5, 5.41) is 9.31. The smallest absolute Gasteiger partial charge is 0.227 e. The molecule has 0 aliphatic heterocycles. The monoisotopic (exact) mass is 329 g/mol. The number of hydrogen-bond donors (Lipinski definition) is 1. The lowest BCUT2D eigenvalue weighted by Gasteiger charge is -2.09. The third-order valence-corrected chi connectivity index (χ3v) is 4.32. The summed E-state index contributed by atoms with van der Waals surface area (Å²) in [6.45, 7) is 4.21. The summed E-state index contributed by atoms with van der Waals surface area (Å²) in [5.41, 5.74) is 8.00. The van der Waals surface area contributed by atoms with Gasteiger partial charge in [-0.1, -0.05) is 53.6 Å². The van der Waals surface area contributed by atoms with Gasteiger partial charge < -0.3 is 9.52 Å². The van der Waals surface area contributed by atoms with Gasteiger partial charge in [0.1, 0.15) is 5.52 Å². The van der Waals surface area contributed by atoms with Crippen LogP contribution in [0, 0.1) is 13.8 Å². The first-order chi connectivity index (χ1) is 12.1. The van der Waals surface area contributed by atoms with E-state index in [1.807, 2.05) is 36.4 Å². The number of rotatable bonds is 3. The molecule has 3 heteroatoms. The molecule has 0 amide bonds. The lowest BCUT2D eigenvalue weighted by molar-refractivity contribution is 0.282. The average molecular weight is 329 g/mol. The zero-order valence-electron chi connectivity index (χ0n) is 14.3. The van der Waals surface area contributed by atoms with Crippen molar-refractivity contribution >= 4 is 11.1 Å². The average Bonchev–Trinajstić information content (AvgIpc) is 3.03. The summed E-state index contributed by atoms with van der Waals surface area (Å²) >= 11 is 0. The Morgan fingerprint density at radius 3 is 2.32 bits per heavy atom. The zero-order valence-corrected chi connectivity index (χ0v) is 14.3. The van der Waals surface area contributed by atoms with Gasteiger partial charge in [-0.2, -0.15) is 0 Å². The van der Waals surface area contributed by atoms with Gasteiger partial charge in [-0.25, -0.2) is 4.98 Å². The van der Waals surface area contributed by atoms with E-state index < -0.39 is 0 Å². The van der Waals surface area contributed by atoms with Crippen molar-refractivity contribution in [2.45, 2.75) is 20.5 Å². The summed E-state index contributed by atoms with van der Waals surface area (Å²) in [5.74, 6) is 0.597. The zero-order chi connectivity index (χ0) is 17.4. The summed E-state index contributed by atoms with van der Waals surface area (Å²) in [6, 6.07) is 20.3. The maximum absolute atomic E-state index is 9.31. The molecule has 0 saturated carbocycles. The fourth-order valence-electron chi connectivity index (χ4n) is 3.24. The standard InChI is InChI=1S/C22H19NO2/c1-14-9-15(2)11-17(10-14)18-5-3-4-6-19(18)22-23-20-12-16(13-24)7-8-21(20)25-22/h3-12,24H,13H2,1-2H3. The third-order valence-electron chi connectivity index (χ3n) is 4.32. The number of fused-ring (bicyclic) bond motifs is 1. The Morgan fingerprint density at radius 2 is 1.60 bits per heavy atom. The van der Waals surface area contributed by atoms with Crippen LogP contribution in [0.4, 0.5) is 0 Å². The molecule has 0 aliphatic rings. The predicted octanol–water partition coefficient (Wildman–Crippen LogP) is 5.27. The van der Waals surface area contributed by atoms with Gasteiger partial charge in [0.25, 0.3) is 0 Å². The molecule has 0 atom stereocenters. The largest absolute Gasteiger partial charge is 0.436 e. The van der Waals surface area contributed by atoms with Crippen molar-refractivity contribution in [1.82, 2.24) is 4.98 Å². The Balaban J connectivity index is 1.89. The molecule has 1 aromatic heterocycles. The van der Waals surface area contributed by atoms with Gasteiger partial charge >= 0.3 is 0 Å². The van der Waals surface area contributed by atoms with Crippen LogP contribution in [0.5, 0.6) is 0 Å². The van der Waals surface area contributed by atoms with Crippen LogP contribution in [0.15, 0.2) is 65.1 Å². The van der Waals surface area contributed by atoms with E-state index in [0.717, 1.165) is 33.4 Å². The van der Waals surface area contributed by atoms with Crippen LogP contribution in [-0.4, -0.2) is 10.1 Å². The highest BCUT2D eigenvalue weighted by atomic mass is 16.3. The Morgan fingerprint density at radius 1 is 0.880 bits per heavy atom. The second kappa shape index (κ2) is 6.19. The number of aliphatic hydroxyl groups is 1. The normalized spacial score (nSPS) is 11.2. The molecule has 0 unspecified atom stereocenters. The number of hydrogen-bond acceptors (Lipinski definition) is 3. The molecular formula is C22H19NO2. The molecule has 4 rings (SSSR count). The van der Waals surface area contributed by atoms with Gasteiger partial charge in [0.05, 0.1) is 6.61 Å². The van der Waals surface area contributed by atoms with Crippen molar-refractivity contribution in [2.75, 3.05) is 0 Å². The second-order valence-corrected chi connectivity index (χ2v) is 6.40. The highest BCUT2D eigenvalue weighted by Crippen LogP contribution is 2.34. The van der Waals surface area contributed by atoms with E-state index in [-0.39, 0.29) is 6.61 Å². The molecule has 3 nitrogen and oxygen atoms in total. The fraction of sp³-hybridized carbons (Fsp3) is 0.136. The molecule has 0 spiro atoms. The van der Waals surface area contributed by atoms with Crippen LogP contribution in [0.3, 0.4) is 0 Å². The van der Waals surface area contributed by atoms with E-state index in [4.69, 9.17) is 4.42 Å². The summed E-state index contributed by atoms with van der Waals surface area (Å²) in [7, 11) is 0. The van der Waals surface area contributed by atoms with Crippen LogP contribution in [-0.2, 0) is 6.61 Å². The quantitative estimate of drug-likeness (QED) is 0.557. The number of aryl methyl sites for hydroxylation is 2. The first-order valence-electron chi connectivity index (χ1n) is 8.32. The molecule has 124 valence electrons. The van der Waals surface area contributed by atoms with Crippen LogP contribution in [0.1, 0.15) is 16.7 Å². The molecular weight excluding hydrogens is 310 g/mol. The van der Waals surface area contributed by atoms with Gasteiger partial charge in [0.15, 0.2) is 5.58 Å². The van der Waals surface area contributed by atoms with Crippen molar-refractivity contribution < 1.29 is 9.52 Å². The summed E-state index contributed by atoms with van der Waals surface area (Å²) in [6.07, 6.45) is 0. The van der Waals surface area contributed by atoms with E-state index in [0.29, 0.717) is 5.89 Å². The van der Waals surface area contributed by atoms with Crippen molar-refractivity contribution in [2.24, 2.45) is 0 Å². The van der Waals surface area contributed by atoms with E-state index in [1.54, 1.807) is 0 Å².